The molecule has 0 aliphatic rings. The van der Waals surface area contributed by atoms with E-state index in [4.69, 9.17) is 0 Å². The molecular formula is C84H82BF28N. The van der Waals surface area contributed by atoms with Crippen LogP contribution in [0.5, 0.6) is 0 Å². The van der Waals surface area contributed by atoms with Gasteiger partial charge in [0.1, 0.15) is 58.4 Å². The van der Waals surface area contributed by atoms with Crippen LogP contribution >= 0.6 is 0 Å². The second-order valence-electron chi connectivity index (χ2n) is 28.9. The van der Waals surface area contributed by atoms with E-state index in [9.17, 15) is 35.1 Å². The molecule has 1 nitrogen and oxygen atoms in total. The third-order valence-electron chi connectivity index (χ3n) is 21.3. The summed E-state index contributed by atoms with van der Waals surface area (Å²) in [5.41, 5.74) is -13.1. The predicted octanol–water partition coefficient (Wildman–Crippen LogP) is 25.9. The summed E-state index contributed by atoms with van der Waals surface area (Å²) in [5.74, 6) is -102. The van der Waals surface area contributed by atoms with Crippen molar-refractivity contribution in [1.82, 2.24) is 0 Å². The van der Waals surface area contributed by atoms with Gasteiger partial charge in [-0.3, -0.25) is 0 Å². The lowest BCUT2D eigenvalue weighted by Gasteiger charge is -2.45. The zero-order chi connectivity index (χ0) is 83.9. The molecule has 0 aliphatic carbocycles. The Hall–Kier alpha value is -8.18. The largest absolute Gasteiger partial charge is 0.305 e. The van der Waals surface area contributed by atoms with Gasteiger partial charge in [-0.05, 0) is 55.5 Å². The van der Waals surface area contributed by atoms with E-state index in [1.54, 1.807) is 4.90 Å². The van der Waals surface area contributed by atoms with Crippen molar-refractivity contribution in [2.75, 3.05) is 13.6 Å². The van der Waals surface area contributed by atoms with Gasteiger partial charge in [0.2, 0.25) is 0 Å². The summed E-state index contributed by atoms with van der Waals surface area (Å²) in [7, 11) is 2.34. The topological polar surface area (TPSA) is 4.44 Å². The number of rotatable bonds is 39. The van der Waals surface area contributed by atoms with Crippen molar-refractivity contribution in [2.24, 2.45) is 0 Å². The summed E-state index contributed by atoms with van der Waals surface area (Å²) in [6, 6.07) is 9.31. The lowest BCUT2D eigenvalue weighted by Crippen LogP contribution is -3.03. The van der Waals surface area contributed by atoms with Crippen LogP contribution in [0.15, 0.2) is 30.3 Å². The lowest BCUT2D eigenvalue weighted by atomic mass is 9.12. The first-order chi connectivity index (χ1) is 54.3. The van der Waals surface area contributed by atoms with E-state index in [-0.39, 0.29) is 0 Å². The molecule has 30 heteroatoms. The van der Waals surface area contributed by atoms with Crippen LogP contribution in [-0.4, -0.2) is 19.7 Å². The molecule has 114 heavy (non-hydrogen) atoms. The Bertz CT molecular complexity index is 4480. The van der Waals surface area contributed by atoms with Gasteiger partial charge in [-0.1, -0.05) is 206 Å². The maximum Gasteiger partial charge on any atom is 0.198 e. The van der Waals surface area contributed by atoms with Crippen LogP contribution in [-0.2, 0) is 0 Å². The Kier molecular flexibility index (Phi) is 32.9. The van der Waals surface area contributed by atoms with Crippen molar-refractivity contribution in [1.29, 1.82) is 0 Å². The van der Waals surface area contributed by atoms with Crippen LogP contribution in [0.2, 0.25) is 0 Å². The van der Waals surface area contributed by atoms with Crippen LogP contribution in [0.1, 0.15) is 225 Å². The van der Waals surface area contributed by atoms with Crippen molar-refractivity contribution < 1.29 is 128 Å². The Morgan fingerprint density at radius 1 is 0.219 bits per heavy atom. The van der Waals surface area contributed by atoms with E-state index >= 15 is 87.8 Å². The molecule has 0 aliphatic heterocycles. The quantitative estimate of drug-likeness (QED) is 0.0129. The SMILES string of the molecule is CCCCCCCCCCCCCCCCCC=Cc1ccc([NH+](C)CCCCCCCCCCCCCCCCCC)cc1.Fc1c(F)c(F)c2c(F)c([B-](c3c(F)c(F)c4c(F)c(F)c(F)c(F)c4c3F)(c3c(F)c(F)c4c(F)c(F)c(F)c(F)c4c3F)c3c(F)c(F)c4c(F)c(F)c(F)c(F)c4c3F)c(F)c(F)c2c1F. The second kappa shape index (κ2) is 41.1. The molecule has 0 aromatic heterocycles. The van der Waals surface area contributed by atoms with Gasteiger partial charge >= 0.3 is 0 Å². The van der Waals surface area contributed by atoms with Crippen LogP contribution in [0, 0.1) is 163 Å². The molecule has 0 amide bonds. The first-order valence-corrected chi connectivity index (χ1v) is 38.3. The van der Waals surface area contributed by atoms with Gasteiger partial charge < -0.3 is 4.90 Å². The van der Waals surface area contributed by atoms with Gasteiger partial charge in [-0.2, -0.15) is 0 Å². The predicted molar refractivity (Wildman–Crippen MR) is 385 cm³/mol. The standard InChI is InChI=1S/C44H81N.C40BF28/c1-4-6-8-10-12-14-16-18-20-22-23-25-27-29-31-33-35-37-43-38-40-44(41-39-43)45(3)42-36-34-32-30-28-26-24-21-19-17-15-13-11-9-7-5-2;42-13-1-5(25(54)37(66)33(62)21(1)50)17(46)29(58)9(13)41(10-14(43)2-6(18(47)30(10)59)26(55)38(67)34(63)22(2)51,11-15(44)3-7(19(48)31(11)60)27(56)39(68)35(64)23(3)52)12-16(45)4-8(20(49)32(12)61)28(57)40(69)36(65)24(4)53/h35,37-41H,4-34,36,42H2,1-3H3;/q;-1/p+1. The molecule has 0 fully saturated rings. The van der Waals surface area contributed by atoms with Crippen molar-refractivity contribution in [3.8, 4) is 0 Å². The number of allylic oxidation sites excluding steroid dienone is 1. The minimum absolute atomic E-state index is 1.23. The fourth-order valence-corrected chi connectivity index (χ4v) is 15.2. The lowest BCUT2D eigenvalue weighted by molar-refractivity contribution is -0.810. The minimum Gasteiger partial charge on any atom is -0.305 e. The molecule has 1 atom stereocenters. The monoisotopic (exact) mass is 1650 g/mol. The van der Waals surface area contributed by atoms with E-state index in [0.717, 1.165) is 0 Å². The molecule has 0 spiro atoms. The molecule has 1 unspecified atom stereocenters. The Labute approximate surface area is 640 Å². The molecule has 0 saturated heterocycles. The minimum atomic E-state index is -7.99. The van der Waals surface area contributed by atoms with Gasteiger partial charge in [0.05, 0.1) is 56.7 Å². The molecule has 9 aromatic rings. The number of unbranched alkanes of at least 4 members (excludes halogenated alkanes) is 30. The van der Waals surface area contributed by atoms with Gasteiger partial charge in [-0.15, -0.1) is 21.9 Å². The average Bonchev–Trinajstić information content (AvgIpc) is 0.668. The number of fused-ring (bicyclic) bond motifs is 4. The maximum atomic E-state index is 17.4. The Balaban J connectivity index is 0.000000315. The van der Waals surface area contributed by atoms with Crippen LogP contribution < -0.4 is 26.8 Å². The maximum absolute atomic E-state index is 17.4. The molecule has 0 radical (unpaired) electrons. The zero-order valence-corrected chi connectivity index (χ0v) is 62.5. The second-order valence-corrected chi connectivity index (χ2v) is 28.9. The van der Waals surface area contributed by atoms with E-state index in [1.165, 1.54) is 223 Å². The zero-order valence-electron chi connectivity index (χ0n) is 62.5. The normalized spacial score (nSPS) is 12.4. The third-order valence-corrected chi connectivity index (χ3v) is 21.3. The molecule has 1 N–H and O–H groups in total. The van der Waals surface area contributed by atoms with Gasteiger partial charge in [0.15, 0.2) is 116 Å². The van der Waals surface area contributed by atoms with Gasteiger partial charge in [-0.25, -0.2) is 123 Å². The fourth-order valence-electron chi connectivity index (χ4n) is 15.2. The number of halogens is 28. The number of benzene rings is 9. The molecule has 622 valence electrons. The van der Waals surface area contributed by atoms with Crippen LogP contribution in [0.25, 0.3) is 49.2 Å². The van der Waals surface area contributed by atoms with Crippen molar-refractivity contribution in [3.63, 3.8) is 0 Å². The highest BCUT2D eigenvalue weighted by molar-refractivity contribution is 7.20. The first kappa shape index (κ1) is 91.3. The number of quaternary nitrogens is 1. The van der Waals surface area contributed by atoms with E-state index in [0.29, 0.717) is 0 Å². The Morgan fingerprint density at radius 2 is 0.404 bits per heavy atom. The van der Waals surface area contributed by atoms with Crippen LogP contribution in [0.3, 0.4) is 0 Å². The molecule has 9 aromatic carbocycles. The van der Waals surface area contributed by atoms with E-state index in [1.807, 2.05) is 0 Å². The molecule has 0 heterocycles. The number of hydrogen-bond acceptors (Lipinski definition) is 0. The van der Waals surface area contributed by atoms with E-state index < -0.39 is 234 Å². The Morgan fingerprint density at radius 3 is 0.623 bits per heavy atom. The van der Waals surface area contributed by atoms with E-state index in [2.05, 4.69) is 57.3 Å². The average molecular weight is 1650 g/mol. The number of hydrogen-bond donors (Lipinski definition) is 1. The summed E-state index contributed by atoms with van der Waals surface area (Å²) in [5, 5.41) is -25.0. The summed E-state index contributed by atoms with van der Waals surface area (Å²) < 4.78 is 442. The van der Waals surface area contributed by atoms with Crippen molar-refractivity contribution in [2.45, 2.75) is 219 Å². The number of nitrogens with one attached hydrogen (secondary N) is 1. The smallest absolute Gasteiger partial charge is 0.198 e. The van der Waals surface area contributed by atoms with Gasteiger partial charge in [0, 0.05) is 0 Å². The summed E-state index contributed by atoms with van der Waals surface area (Å²) in [4.78, 5) is 1.56. The highest BCUT2D eigenvalue weighted by atomic mass is 19.2. The van der Waals surface area contributed by atoms with Gasteiger partial charge in [0.25, 0.3) is 0 Å². The van der Waals surface area contributed by atoms with Crippen molar-refractivity contribution >= 4 is 82.9 Å². The third kappa shape index (κ3) is 18.6. The first-order valence-electron chi connectivity index (χ1n) is 38.3. The highest BCUT2D eigenvalue weighted by Gasteiger charge is 2.53. The molecular weight excluding hydrogens is 1570 g/mol. The summed E-state index contributed by atoms with van der Waals surface area (Å²) >= 11 is 0. The highest BCUT2D eigenvalue weighted by Crippen LogP contribution is 2.42. The summed E-state index contributed by atoms with van der Waals surface area (Å²) in [6.45, 7) is 5.87. The fraction of sp³-hybridized carbons (Fsp3) is 0.429. The molecule has 0 bridgehead atoms. The summed E-state index contributed by atoms with van der Waals surface area (Å²) in [6.07, 6.45) is 42.6. The van der Waals surface area contributed by atoms with Crippen LogP contribution in [0.4, 0.5) is 129 Å². The molecule has 9 rings (SSSR count). The van der Waals surface area contributed by atoms with Crippen molar-refractivity contribution in [3.05, 3.63) is 199 Å². The molecule has 0 saturated carbocycles.